The van der Waals surface area contributed by atoms with Gasteiger partial charge in [0.2, 0.25) is 5.91 Å². The van der Waals surface area contributed by atoms with E-state index in [1.807, 2.05) is 0 Å². The molecule has 1 atom stereocenters. The molecule has 5 nitrogen and oxygen atoms in total. The van der Waals surface area contributed by atoms with Crippen LogP contribution in [-0.4, -0.2) is 45.4 Å². The van der Waals surface area contributed by atoms with Crippen molar-refractivity contribution in [3.8, 4) is 0 Å². The topological polar surface area (TPSA) is 74.7 Å². The minimum absolute atomic E-state index is 0.000889. The molecule has 1 aromatic carbocycles. The van der Waals surface area contributed by atoms with Gasteiger partial charge in [-0.05, 0) is 24.1 Å². The van der Waals surface area contributed by atoms with Gasteiger partial charge < -0.3 is 10.0 Å². The molecule has 0 aliphatic carbocycles. The van der Waals surface area contributed by atoms with Crippen LogP contribution in [0, 0.1) is 0 Å². The van der Waals surface area contributed by atoms with Gasteiger partial charge in [0.25, 0.3) is 0 Å². The highest BCUT2D eigenvalue weighted by Crippen LogP contribution is 2.08. The number of benzene rings is 1. The van der Waals surface area contributed by atoms with Gasteiger partial charge in [-0.1, -0.05) is 25.5 Å². The SMILES string of the molecule is CCCCN(C)C(=O)CS(=O)Cc1ccc(C(=O)O)cc1. The maximum atomic E-state index is 12.0. The molecular formula is C15H21NO4S. The summed E-state index contributed by atoms with van der Waals surface area (Å²) in [5, 5.41) is 8.80. The first-order valence-corrected chi connectivity index (χ1v) is 8.34. The standard InChI is InChI=1S/C15H21NO4S/c1-3-4-9-16(2)14(17)11-21(20)10-12-5-7-13(8-6-12)15(18)19/h5-8H,3-4,9-11H2,1-2H3,(H,18,19). The number of aromatic carboxylic acids is 1. The fourth-order valence-electron chi connectivity index (χ4n) is 1.75. The van der Waals surface area contributed by atoms with Gasteiger partial charge in [-0.2, -0.15) is 0 Å². The van der Waals surface area contributed by atoms with Crippen LogP contribution in [0.15, 0.2) is 24.3 Å². The maximum Gasteiger partial charge on any atom is 0.335 e. The number of carboxylic acid groups (broad SMARTS) is 1. The second-order valence-electron chi connectivity index (χ2n) is 4.90. The summed E-state index contributed by atoms with van der Waals surface area (Å²) in [6.07, 6.45) is 1.95. The highest BCUT2D eigenvalue weighted by molar-refractivity contribution is 7.84. The zero-order valence-corrected chi connectivity index (χ0v) is 13.2. The molecule has 0 aliphatic heterocycles. The molecule has 0 saturated heterocycles. The lowest BCUT2D eigenvalue weighted by molar-refractivity contribution is -0.127. The predicted octanol–water partition coefficient (Wildman–Crippen LogP) is 1.89. The minimum atomic E-state index is -1.28. The zero-order chi connectivity index (χ0) is 15.8. The molecular weight excluding hydrogens is 290 g/mol. The van der Waals surface area contributed by atoms with Gasteiger partial charge in [0.15, 0.2) is 0 Å². The third kappa shape index (κ3) is 6.08. The molecule has 0 bridgehead atoms. The van der Waals surface area contributed by atoms with Crippen LogP contribution in [0.5, 0.6) is 0 Å². The van der Waals surface area contributed by atoms with Gasteiger partial charge >= 0.3 is 5.97 Å². The number of hydrogen-bond acceptors (Lipinski definition) is 3. The predicted molar refractivity (Wildman–Crippen MR) is 82.7 cm³/mol. The van der Waals surface area contributed by atoms with Crippen molar-refractivity contribution in [2.75, 3.05) is 19.3 Å². The molecule has 0 aromatic heterocycles. The summed E-state index contributed by atoms with van der Waals surface area (Å²) in [5.74, 6) is -0.854. The number of nitrogens with zero attached hydrogens (tertiary/aromatic N) is 1. The third-order valence-corrected chi connectivity index (χ3v) is 4.31. The molecule has 0 fully saturated rings. The van der Waals surface area contributed by atoms with E-state index in [2.05, 4.69) is 6.92 Å². The van der Waals surface area contributed by atoms with Gasteiger partial charge in [-0.15, -0.1) is 0 Å². The van der Waals surface area contributed by atoms with E-state index in [1.54, 1.807) is 24.1 Å². The highest BCUT2D eigenvalue weighted by Gasteiger charge is 2.13. The Morgan fingerprint density at radius 2 is 1.86 bits per heavy atom. The highest BCUT2D eigenvalue weighted by atomic mass is 32.2. The van der Waals surface area contributed by atoms with Gasteiger partial charge in [0.05, 0.1) is 5.56 Å². The number of carbonyl (C=O) groups is 2. The molecule has 6 heteroatoms. The fourth-order valence-corrected chi connectivity index (χ4v) is 2.91. The Hall–Kier alpha value is -1.69. The molecule has 1 unspecified atom stereocenters. The van der Waals surface area contributed by atoms with Gasteiger partial charge in [0, 0.05) is 30.1 Å². The first-order chi connectivity index (χ1) is 9.93. The summed E-state index contributed by atoms with van der Waals surface area (Å²) in [4.78, 5) is 24.2. The summed E-state index contributed by atoms with van der Waals surface area (Å²) in [6, 6.07) is 6.22. The van der Waals surface area contributed by atoms with Gasteiger partial charge in [-0.3, -0.25) is 9.00 Å². The molecule has 0 saturated carbocycles. The second kappa shape index (κ2) is 8.56. The van der Waals surface area contributed by atoms with Crippen LogP contribution in [0.3, 0.4) is 0 Å². The molecule has 21 heavy (non-hydrogen) atoms. The van der Waals surface area contributed by atoms with E-state index in [9.17, 15) is 13.8 Å². The Labute approximate surface area is 127 Å². The number of carboxylic acids is 1. The number of carbonyl (C=O) groups excluding carboxylic acids is 1. The molecule has 1 aromatic rings. The third-order valence-electron chi connectivity index (χ3n) is 3.09. The molecule has 1 N–H and O–H groups in total. The smallest absolute Gasteiger partial charge is 0.335 e. The van der Waals surface area contributed by atoms with E-state index in [0.29, 0.717) is 6.54 Å². The normalized spacial score (nSPS) is 11.9. The largest absolute Gasteiger partial charge is 0.478 e. The lowest BCUT2D eigenvalue weighted by atomic mass is 10.1. The maximum absolute atomic E-state index is 12.0. The van der Waals surface area contributed by atoms with E-state index < -0.39 is 16.8 Å². The first kappa shape index (κ1) is 17.4. The van der Waals surface area contributed by atoms with Gasteiger partial charge in [0.1, 0.15) is 5.75 Å². The molecule has 0 heterocycles. The lowest BCUT2D eigenvalue weighted by Crippen LogP contribution is -2.31. The Morgan fingerprint density at radius 1 is 1.24 bits per heavy atom. The summed E-state index contributed by atoms with van der Waals surface area (Å²) in [6.45, 7) is 2.73. The zero-order valence-electron chi connectivity index (χ0n) is 12.4. The molecule has 116 valence electrons. The van der Waals surface area contributed by atoms with Crippen LogP contribution < -0.4 is 0 Å². The first-order valence-electron chi connectivity index (χ1n) is 6.85. The van der Waals surface area contributed by atoms with Crippen molar-refractivity contribution >= 4 is 22.7 Å². The fraction of sp³-hybridized carbons (Fsp3) is 0.467. The van der Waals surface area contributed by atoms with Crippen molar-refractivity contribution in [3.05, 3.63) is 35.4 Å². The number of hydrogen-bond donors (Lipinski definition) is 1. The lowest BCUT2D eigenvalue weighted by Gasteiger charge is -2.16. The van der Waals surface area contributed by atoms with Crippen molar-refractivity contribution in [3.63, 3.8) is 0 Å². The molecule has 0 aliphatic rings. The van der Waals surface area contributed by atoms with Crippen molar-refractivity contribution in [1.29, 1.82) is 0 Å². The molecule has 0 radical (unpaired) electrons. The van der Waals surface area contributed by atoms with E-state index in [4.69, 9.17) is 5.11 Å². The molecule has 0 spiro atoms. The Balaban J connectivity index is 2.49. The Kier molecular flexibility index (Phi) is 7.08. The van der Waals surface area contributed by atoms with Crippen molar-refractivity contribution in [1.82, 2.24) is 4.90 Å². The Bertz CT molecular complexity index is 513. The minimum Gasteiger partial charge on any atom is -0.478 e. The molecule has 1 rings (SSSR count). The number of unbranched alkanes of at least 4 members (excludes halogenated alkanes) is 1. The van der Waals surface area contributed by atoms with E-state index in [0.717, 1.165) is 18.4 Å². The number of amides is 1. The van der Waals surface area contributed by atoms with Crippen LogP contribution >= 0.6 is 0 Å². The number of rotatable bonds is 8. The quantitative estimate of drug-likeness (QED) is 0.795. The van der Waals surface area contributed by atoms with Crippen LogP contribution in [0.4, 0.5) is 0 Å². The van der Waals surface area contributed by atoms with E-state index in [-0.39, 0.29) is 23.0 Å². The van der Waals surface area contributed by atoms with Crippen LogP contribution in [0.2, 0.25) is 0 Å². The summed E-state index contributed by atoms with van der Waals surface area (Å²) >= 11 is 0. The van der Waals surface area contributed by atoms with Crippen molar-refractivity contribution in [2.24, 2.45) is 0 Å². The average molecular weight is 311 g/mol. The summed E-state index contributed by atoms with van der Waals surface area (Å²) < 4.78 is 12.0. The van der Waals surface area contributed by atoms with Gasteiger partial charge in [-0.25, -0.2) is 4.79 Å². The van der Waals surface area contributed by atoms with E-state index >= 15 is 0 Å². The summed E-state index contributed by atoms with van der Waals surface area (Å²) in [7, 11) is 0.436. The van der Waals surface area contributed by atoms with Crippen LogP contribution in [-0.2, 0) is 21.3 Å². The van der Waals surface area contributed by atoms with Crippen molar-refractivity contribution in [2.45, 2.75) is 25.5 Å². The van der Waals surface area contributed by atoms with Crippen LogP contribution in [0.25, 0.3) is 0 Å². The average Bonchev–Trinajstić information content (AvgIpc) is 2.45. The second-order valence-corrected chi connectivity index (χ2v) is 6.36. The Morgan fingerprint density at radius 3 is 2.38 bits per heavy atom. The van der Waals surface area contributed by atoms with E-state index in [1.165, 1.54) is 12.1 Å². The molecule has 1 amide bonds. The van der Waals surface area contributed by atoms with Crippen molar-refractivity contribution < 1.29 is 18.9 Å². The van der Waals surface area contributed by atoms with Crippen LogP contribution in [0.1, 0.15) is 35.7 Å². The summed E-state index contributed by atoms with van der Waals surface area (Å²) in [5.41, 5.74) is 0.960. The monoisotopic (exact) mass is 311 g/mol.